The average Bonchev–Trinajstić information content (AvgIpc) is 2.83. The van der Waals surface area contributed by atoms with E-state index >= 15 is 0 Å². The predicted molar refractivity (Wildman–Crippen MR) is 138 cm³/mol. The van der Waals surface area contributed by atoms with E-state index in [0.717, 1.165) is 42.4 Å². The first-order chi connectivity index (χ1) is 17.2. The molecular formula is C28H38N4O4. The van der Waals surface area contributed by atoms with Gasteiger partial charge in [-0.1, -0.05) is 17.7 Å². The van der Waals surface area contributed by atoms with Gasteiger partial charge in [0.15, 0.2) is 0 Å². The molecule has 3 aliphatic rings. The molecule has 0 aromatic heterocycles. The number of hydrazine groups is 1. The van der Waals surface area contributed by atoms with Crippen LogP contribution in [0.25, 0.3) is 0 Å². The topological polar surface area (TPSA) is 102 Å². The van der Waals surface area contributed by atoms with Gasteiger partial charge in [-0.05, 0) is 94.4 Å². The van der Waals surface area contributed by atoms with Crippen LogP contribution in [0, 0.1) is 26.7 Å². The van der Waals surface area contributed by atoms with Gasteiger partial charge in [0.05, 0.1) is 0 Å². The first-order valence-corrected chi connectivity index (χ1v) is 13.0. The molecule has 0 spiro atoms. The largest absolute Gasteiger partial charge is 0.480 e. The van der Waals surface area contributed by atoms with E-state index in [9.17, 15) is 19.5 Å². The lowest BCUT2D eigenvalue weighted by atomic mass is 9.89. The van der Waals surface area contributed by atoms with E-state index in [0.29, 0.717) is 25.1 Å². The van der Waals surface area contributed by atoms with Crippen LogP contribution in [-0.4, -0.2) is 58.5 Å². The third-order valence-corrected chi connectivity index (χ3v) is 7.59. The van der Waals surface area contributed by atoms with Gasteiger partial charge < -0.3 is 20.7 Å². The van der Waals surface area contributed by atoms with Crippen molar-refractivity contribution in [1.82, 2.24) is 20.7 Å². The lowest BCUT2D eigenvalue weighted by Crippen LogP contribution is -2.48. The Hall–Kier alpha value is -3.29. The van der Waals surface area contributed by atoms with Crippen molar-refractivity contribution >= 4 is 17.8 Å². The van der Waals surface area contributed by atoms with Gasteiger partial charge in [-0.2, -0.15) is 0 Å². The van der Waals surface area contributed by atoms with Crippen LogP contribution < -0.4 is 10.7 Å². The van der Waals surface area contributed by atoms with E-state index in [1.165, 1.54) is 24.1 Å². The third kappa shape index (κ3) is 6.09. The van der Waals surface area contributed by atoms with Crippen LogP contribution in [0.1, 0.15) is 72.0 Å². The SMILES string of the molecule is Cc1cc(C)c(C(=O)NC(CC2CCN(C(=O)CN3C=CC4=C(CCCC4)N3)CC2)C(=O)O)c(C)c1. The molecule has 1 unspecified atom stereocenters. The zero-order valence-electron chi connectivity index (χ0n) is 21.6. The summed E-state index contributed by atoms with van der Waals surface area (Å²) in [4.78, 5) is 39.6. The maximum atomic E-state index is 12.9. The van der Waals surface area contributed by atoms with Crippen LogP contribution >= 0.6 is 0 Å². The van der Waals surface area contributed by atoms with E-state index in [4.69, 9.17) is 0 Å². The number of carbonyl (C=O) groups is 3. The van der Waals surface area contributed by atoms with Gasteiger partial charge in [0.1, 0.15) is 12.6 Å². The highest BCUT2D eigenvalue weighted by Crippen LogP contribution is 2.27. The molecule has 0 bridgehead atoms. The fourth-order valence-electron chi connectivity index (χ4n) is 5.71. The first kappa shape index (κ1) is 25.8. The minimum Gasteiger partial charge on any atom is -0.480 e. The van der Waals surface area contributed by atoms with Gasteiger partial charge >= 0.3 is 5.97 Å². The van der Waals surface area contributed by atoms with Crippen molar-refractivity contribution in [3.05, 3.63) is 57.9 Å². The Bertz CT molecular complexity index is 1060. The Balaban J connectivity index is 1.27. The highest BCUT2D eigenvalue weighted by Gasteiger charge is 2.30. The van der Waals surface area contributed by atoms with Gasteiger partial charge in [-0.25, -0.2) is 4.79 Å². The molecule has 2 heterocycles. The zero-order chi connectivity index (χ0) is 25.8. The first-order valence-electron chi connectivity index (χ1n) is 13.0. The Morgan fingerprint density at radius 1 is 1.08 bits per heavy atom. The van der Waals surface area contributed by atoms with Crippen molar-refractivity contribution in [2.45, 2.75) is 71.8 Å². The van der Waals surface area contributed by atoms with Gasteiger partial charge in [0.25, 0.3) is 5.91 Å². The minimum absolute atomic E-state index is 0.0684. The molecule has 0 saturated carbocycles. The van der Waals surface area contributed by atoms with E-state index in [2.05, 4.69) is 16.8 Å². The summed E-state index contributed by atoms with van der Waals surface area (Å²) in [7, 11) is 0. The molecule has 4 rings (SSSR count). The number of likely N-dealkylation sites (tertiary alicyclic amines) is 1. The highest BCUT2D eigenvalue weighted by molar-refractivity contribution is 5.99. The van der Waals surface area contributed by atoms with Crippen LogP contribution in [0.5, 0.6) is 0 Å². The number of allylic oxidation sites excluding steroid dienone is 3. The minimum atomic E-state index is -1.02. The molecule has 1 saturated heterocycles. The molecular weight excluding hydrogens is 456 g/mol. The van der Waals surface area contributed by atoms with Crippen molar-refractivity contribution < 1.29 is 19.5 Å². The van der Waals surface area contributed by atoms with Gasteiger partial charge in [0, 0.05) is 30.5 Å². The quantitative estimate of drug-likeness (QED) is 0.536. The molecule has 1 aliphatic carbocycles. The van der Waals surface area contributed by atoms with Crippen molar-refractivity contribution in [2.75, 3.05) is 19.6 Å². The fraction of sp³-hybridized carbons (Fsp3) is 0.536. The van der Waals surface area contributed by atoms with E-state index in [1.54, 1.807) is 0 Å². The summed E-state index contributed by atoms with van der Waals surface area (Å²) >= 11 is 0. The van der Waals surface area contributed by atoms with E-state index in [1.807, 2.05) is 49.0 Å². The molecule has 1 aromatic rings. The number of benzene rings is 1. The highest BCUT2D eigenvalue weighted by atomic mass is 16.4. The number of carbonyl (C=O) groups excluding carboxylic acids is 2. The van der Waals surface area contributed by atoms with Crippen LogP contribution in [-0.2, 0) is 9.59 Å². The second-order valence-electron chi connectivity index (χ2n) is 10.5. The zero-order valence-corrected chi connectivity index (χ0v) is 21.6. The average molecular weight is 495 g/mol. The molecule has 0 radical (unpaired) electrons. The number of carboxylic acid groups (broad SMARTS) is 1. The number of nitrogens with zero attached hydrogens (tertiary/aromatic N) is 2. The van der Waals surface area contributed by atoms with Crippen molar-refractivity contribution in [1.29, 1.82) is 0 Å². The number of amides is 2. The van der Waals surface area contributed by atoms with Crippen LogP contribution in [0.15, 0.2) is 35.7 Å². The molecule has 36 heavy (non-hydrogen) atoms. The Labute approximate surface area is 213 Å². The van der Waals surface area contributed by atoms with Crippen LogP contribution in [0.2, 0.25) is 0 Å². The Morgan fingerprint density at radius 2 is 1.75 bits per heavy atom. The standard InChI is InChI=1S/C28H38N4O4/c1-18-14-19(2)26(20(3)15-18)27(34)29-24(28(35)36)16-21-8-11-31(12-9-21)25(33)17-32-13-10-22-6-4-5-7-23(22)30-32/h10,13-15,21,24,30H,4-9,11-12,16-17H2,1-3H3,(H,29,34)(H,35,36). The maximum absolute atomic E-state index is 12.9. The van der Waals surface area contributed by atoms with Gasteiger partial charge in [-0.3, -0.25) is 14.6 Å². The second kappa shape index (κ2) is 11.2. The lowest BCUT2D eigenvalue weighted by Gasteiger charge is -2.36. The number of piperidine rings is 1. The predicted octanol–water partition coefficient (Wildman–Crippen LogP) is 3.59. The molecule has 2 amide bonds. The number of aryl methyl sites for hydroxylation is 3. The number of nitrogens with one attached hydrogen (secondary N) is 2. The number of carboxylic acids is 1. The number of aliphatic carboxylic acids is 1. The van der Waals surface area contributed by atoms with Crippen LogP contribution in [0.3, 0.4) is 0 Å². The van der Waals surface area contributed by atoms with E-state index < -0.39 is 12.0 Å². The van der Waals surface area contributed by atoms with Gasteiger partial charge in [0.2, 0.25) is 5.91 Å². The summed E-state index contributed by atoms with van der Waals surface area (Å²) < 4.78 is 0. The Kier molecular flexibility index (Phi) is 8.01. The molecule has 8 nitrogen and oxygen atoms in total. The van der Waals surface area contributed by atoms with Crippen molar-refractivity contribution in [3.8, 4) is 0 Å². The summed E-state index contributed by atoms with van der Waals surface area (Å²) in [6.07, 6.45) is 10.4. The molecule has 1 fully saturated rings. The monoisotopic (exact) mass is 494 g/mol. The fourth-order valence-corrected chi connectivity index (χ4v) is 5.71. The second-order valence-corrected chi connectivity index (χ2v) is 10.5. The maximum Gasteiger partial charge on any atom is 0.326 e. The number of hydrogen-bond donors (Lipinski definition) is 3. The van der Waals surface area contributed by atoms with Crippen LogP contribution in [0.4, 0.5) is 0 Å². The molecule has 1 atom stereocenters. The molecule has 2 aliphatic heterocycles. The molecule has 194 valence electrons. The molecule has 8 heteroatoms. The normalized spacial score (nSPS) is 19.0. The third-order valence-electron chi connectivity index (χ3n) is 7.59. The summed E-state index contributed by atoms with van der Waals surface area (Å²) in [6.45, 7) is 7.20. The smallest absolute Gasteiger partial charge is 0.326 e. The van der Waals surface area contributed by atoms with Crippen molar-refractivity contribution in [3.63, 3.8) is 0 Å². The summed E-state index contributed by atoms with van der Waals surface area (Å²) in [5, 5.41) is 14.4. The summed E-state index contributed by atoms with van der Waals surface area (Å²) in [5.74, 6) is -1.16. The lowest BCUT2D eigenvalue weighted by molar-refractivity contribution is -0.140. The molecule has 3 N–H and O–H groups in total. The number of hydrogen-bond acceptors (Lipinski definition) is 5. The summed E-state index contributed by atoms with van der Waals surface area (Å²) in [5.41, 5.74) is 9.26. The number of rotatable bonds is 7. The van der Waals surface area contributed by atoms with E-state index in [-0.39, 0.29) is 24.3 Å². The Morgan fingerprint density at radius 3 is 2.42 bits per heavy atom. The summed E-state index contributed by atoms with van der Waals surface area (Å²) in [6, 6.07) is 2.92. The molecule has 1 aromatic carbocycles. The van der Waals surface area contributed by atoms with Crippen molar-refractivity contribution in [2.24, 2.45) is 5.92 Å². The van der Waals surface area contributed by atoms with Gasteiger partial charge in [-0.15, -0.1) is 0 Å².